The normalized spacial score (nSPS) is 18.3. The highest BCUT2D eigenvalue weighted by atomic mass is 16.2. The number of carbonyl (C=O) groups excluding carboxylic acids is 1. The number of carbonyl (C=O) groups is 1. The fourth-order valence-electron chi connectivity index (χ4n) is 2.49. The molecule has 1 heterocycles. The molecule has 0 aliphatic carbocycles. The third kappa shape index (κ3) is 4.58. The fraction of sp³-hybridized carbons (Fsp3) is 0.929. The van der Waals surface area contributed by atoms with Gasteiger partial charge in [0.05, 0.1) is 6.54 Å². The van der Waals surface area contributed by atoms with Gasteiger partial charge in [0, 0.05) is 32.2 Å². The SMILES string of the molecule is CCCNCC(=O)N(C)C1CCN(C(C)C)CC1. The molecule has 0 aromatic heterocycles. The second-order valence-electron chi connectivity index (χ2n) is 5.54. The van der Waals surface area contributed by atoms with E-state index >= 15 is 0 Å². The average molecular weight is 255 g/mol. The van der Waals surface area contributed by atoms with Crippen molar-refractivity contribution in [3.63, 3.8) is 0 Å². The van der Waals surface area contributed by atoms with Gasteiger partial charge in [-0.25, -0.2) is 0 Å². The molecule has 1 aliphatic heterocycles. The van der Waals surface area contributed by atoms with Crippen LogP contribution in [-0.2, 0) is 4.79 Å². The molecule has 0 atom stereocenters. The first-order valence-electron chi connectivity index (χ1n) is 7.26. The van der Waals surface area contributed by atoms with Gasteiger partial charge in [0.15, 0.2) is 0 Å². The Bertz CT molecular complexity index is 247. The Hall–Kier alpha value is -0.610. The molecule has 1 aliphatic rings. The van der Waals surface area contributed by atoms with E-state index in [4.69, 9.17) is 0 Å². The second-order valence-corrected chi connectivity index (χ2v) is 5.54. The number of hydrogen-bond donors (Lipinski definition) is 1. The van der Waals surface area contributed by atoms with Crippen LogP contribution in [0.25, 0.3) is 0 Å². The van der Waals surface area contributed by atoms with Crippen molar-refractivity contribution >= 4 is 5.91 Å². The molecule has 4 heteroatoms. The molecule has 4 nitrogen and oxygen atoms in total. The Morgan fingerprint density at radius 3 is 2.50 bits per heavy atom. The maximum absolute atomic E-state index is 12.0. The van der Waals surface area contributed by atoms with Crippen molar-refractivity contribution in [2.24, 2.45) is 0 Å². The standard InChI is InChI=1S/C14H29N3O/c1-5-8-15-11-14(18)16(4)13-6-9-17(10-7-13)12(2)3/h12-13,15H,5-11H2,1-4H3. The summed E-state index contributed by atoms with van der Waals surface area (Å²) in [6.45, 7) is 10.2. The maximum Gasteiger partial charge on any atom is 0.236 e. The van der Waals surface area contributed by atoms with E-state index in [9.17, 15) is 4.79 Å². The summed E-state index contributed by atoms with van der Waals surface area (Å²) in [5.41, 5.74) is 0. The van der Waals surface area contributed by atoms with Crippen LogP contribution in [0.5, 0.6) is 0 Å². The van der Waals surface area contributed by atoms with Crippen molar-refractivity contribution in [2.45, 2.75) is 52.1 Å². The van der Waals surface area contributed by atoms with Crippen LogP contribution in [-0.4, -0.2) is 61.0 Å². The molecular weight excluding hydrogens is 226 g/mol. The number of rotatable bonds is 6. The van der Waals surface area contributed by atoms with E-state index in [0.29, 0.717) is 18.6 Å². The minimum absolute atomic E-state index is 0.228. The van der Waals surface area contributed by atoms with Crippen LogP contribution in [0.4, 0.5) is 0 Å². The van der Waals surface area contributed by atoms with Gasteiger partial charge in [-0.2, -0.15) is 0 Å². The van der Waals surface area contributed by atoms with Crippen LogP contribution in [0, 0.1) is 0 Å². The van der Waals surface area contributed by atoms with E-state index in [1.54, 1.807) is 0 Å². The third-order valence-electron chi connectivity index (χ3n) is 3.87. The van der Waals surface area contributed by atoms with Gasteiger partial charge in [-0.3, -0.25) is 4.79 Å². The van der Waals surface area contributed by atoms with Crippen molar-refractivity contribution in [2.75, 3.05) is 33.2 Å². The Morgan fingerprint density at radius 1 is 1.39 bits per heavy atom. The summed E-state index contributed by atoms with van der Waals surface area (Å²) in [5, 5.41) is 3.18. The highest BCUT2D eigenvalue weighted by molar-refractivity contribution is 5.78. The molecule has 106 valence electrons. The van der Waals surface area contributed by atoms with Gasteiger partial charge < -0.3 is 15.1 Å². The Kier molecular flexibility index (Phi) is 6.65. The summed E-state index contributed by atoms with van der Waals surface area (Å²) in [6, 6.07) is 1.05. The van der Waals surface area contributed by atoms with Gasteiger partial charge in [0.1, 0.15) is 0 Å². The molecule has 0 aromatic carbocycles. The Morgan fingerprint density at radius 2 is 2.00 bits per heavy atom. The van der Waals surface area contributed by atoms with E-state index in [1.165, 1.54) is 0 Å². The first-order valence-corrected chi connectivity index (χ1v) is 7.26. The largest absolute Gasteiger partial charge is 0.342 e. The lowest BCUT2D eigenvalue weighted by Crippen LogP contribution is -2.49. The highest BCUT2D eigenvalue weighted by Gasteiger charge is 2.25. The number of nitrogens with zero attached hydrogens (tertiary/aromatic N) is 2. The van der Waals surface area contributed by atoms with Crippen LogP contribution in [0.2, 0.25) is 0 Å². The molecule has 0 radical (unpaired) electrons. The second kappa shape index (κ2) is 7.74. The maximum atomic E-state index is 12.0. The molecule has 0 aromatic rings. The number of piperidine rings is 1. The summed E-state index contributed by atoms with van der Waals surface area (Å²) in [6.07, 6.45) is 3.28. The molecule has 1 N–H and O–H groups in total. The summed E-state index contributed by atoms with van der Waals surface area (Å²) < 4.78 is 0. The van der Waals surface area contributed by atoms with Gasteiger partial charge in [-0.05, 0) is 39.7 Å². The summed E-state index contributed by atoms with van der Waals surface area (Å²) in [4.78, 5) is 16.4. The number of nitrogens with one attached hydrogen (secondary N) is 1. The van der Waals surface area contributed by atoms with Crippen LogP contribution in [0.1, 0.15) is 40.0 Å². The van der Waals surface area contributed by atoms with E-state index in [2.05, 4.69) is 31.0 Å². The van der Waals surface area contributed by atoms with Crippen molar-refractivity contribution in [3.8, 4) is 0 Å². The average Bonchev–Trinajstić information content (AvgIpc) is 2.38. The predicted molar refractivity (Wildman–Crippen MR) is 75.7 cm³/mol. The Labute approximate surface area is 112 Å². The molecule has 0 bridgehead atoms. The molecule has 0 unspecified atom stereocenters. The first kappa shape index (κ1) is 15.4. The quantitative estimate of drug-likeness (QED) is 0.727. The van der Waals surface area contributed by atoms with Crippen LogP contribution < -0.4 is 5.32 Å². The molecular formula is C14H29N3O. The molecule has 0 saturated carbocycles. The summed E-state index contributed by atoms with van der Waals surface area (Å²) >= 11 is 0. The topological polar surface area (TPSA) is 35.6 Å². The van der Waals surface area contributed by atoms with Crippen molar-refractivity contribution in [3.05, 3.63) is 0 Å². The molecule has 0 spiro atoms. The zero-order valence-electron chi connectivity index (χ0n) is 12.4. The third-order valence-corrected chi connectivity index (χ3v) is 3.87. The molecule has 1 rings (SSSR count). The minimum Gasteiger partial charge on any atom is -0.342 e. The zero-order valence-corrected chi connectivity index (χ0v) is 12.4. The zero-order chi connectivity index (χ0) is 13.5. The smallest absolute Gasteiger partial charge is 0.236 e. The van der Waals surface area contributed by atoms with E-state index in [-0.39, 0.29) is 5.91 Å². The monoisotopic (exact) mass is 255 g/mol. The van der Waals surface area contributed by atoms with Gasteiger partial charge in [-0.15, -0.1) is 0 Å². The minimum atomic E-state index is 0.228. The number of likely N-dealkylation sites (tertiary alicyclic amines) is 1. The summed E-state index contributed by atoms with van der Waals surface area (Å²) in [5.74, 6) is 0.228. The fourth-order valence-corrected chi connectivity index (χ4v) is 2.49. The number of amides is 1. The lowest BCUT2D eigenvalue weighted by Gasteiger charge is -2.38. The van der Waals surface area contributed by atoms with Crippen molar-refractivity contribution in [1.82, 2.24) is 15.1 Å². The van der Waals surface area contributed by atoms with Crippen LogP contribution >= 0.6 is 0 Å². The summed E-state index contributed by atoms with van der Waals surface area (Å²) in [7, 11) is 1.95. The van der Waals surface area contributed by atoms with E-state index < -0.39 is 0 Å². The van der Waals surface area contributed by atoms with Gasteiger partial charge >= 0.3 is 0 Å². The molecule has 1 saturated heterocycles. The van der Waals surface area contributed by atoms with Gasteiger partial charge in [0.2, 0.25) is 5.91 Å². The number of likely N-dealkylation sites (N-methyl/N-ethyl adjacent to an activating group) is 1. The van der Waals surface area contributed by atoms with Gasteiger partial charge in [0.25, 0.3) is 0 Å². The lowest BCUT2D eigenvalue weighted by molar-refractivity contribution is -0.131. The predicted octanol–water partition coefficient (Wildman–Crippen LogP) is 1.32. The van der Waals surface area contributed by atoms with Crippen LogP contribution in [0.3, 0.4) is 0 Å². The van der Waals surface area contributed by atoms with Gasteiger partial charge in [-0.1, -0.05) is 6.92 Å². The first-order chi connectivity index (χ1) is 8.56. The van der Waals surface area contributed by atoms with Crippen molar-refractivity contribution < 1.29 is 4.79 Å². The highest BCUT2D eigenvalue weighted by Crippen LogP contribution is 2.17. The molecule has 1 fully saturated rings. The molecule has 1 amide bonds. The Balaban J connectivity index is 2.30. The lowest BCUT2D eigenvalue weighted by atomic mass is 10.0. The molecule has 18 heavy (non-hydrogen) atoms. The number of hydrogen-bond acceptors (Lipinski definition) is 3. The van der Waals surface area contributed by atoms with Crippen molar-refractivity contribution in [1.29, 1.82) is 0 Å². The van der Waals surface area contributed by atoms with E-state index in [1.807, 2.05) is 11.9 Å². The van der Waals surface area contributed by atoms with Crippen LogP contribution in [0.15, 0.2) is 0 Å². The van der Waals surface area contributed by atoms with E-state index in [0.717, 1.165) is 38.9 Å².